The van der Waals surface area contributed by atoms with Crippen LogP contribution in [0.1, 0.15) is 424 Å². The second-order valence-corrected chi connectivity index (χ2v) is 28.0. The zero-order valence-corrected chi connectivity index (χ0v) is 98.3. The van der Waals surface area contributed by atoms with Crippen LogP contribution < -0.4 is 0 Å². The Morgan fingerprint density at radius 2 is 0.575 bits per heavy atom. The predicted molar refractivity (Wildman–Crippen MR) is 602 cm³/mol. The lowest BCUT2D eigenvalue weighted by Gasteiger charge is -1.93. The van der Waals surface area contributed by atoms with Crippen LogP contribution in [-0.4, -0.2) is 106 Å². The molecule has 0 saturated heterocycles. The fraction of sp³-hybridized carbons (Fsp3) is 0.613. The van der Waals surface area contributed by atoms with Gasteiger partial charge in [0.05, 0.1) is 43.1 Å². The number of oxazole rings is 1. The number of hydrogen-bond donors (Lipinski definition) is 4. The SMILES string of the molecule is CC.CC.CC.CC.CC.CC.CC.CC.CC.CC.CC.CC.CC(C)C.CC(C)C.CC(C)C.CC(C)C.CC(C)C.CC(C)C.CC(C)C.CC(C)C.CC(C)c1cn[nH]n1.CC(C)c1ncn[nH]1.CCC.CCC.c1c[nH]cn1.c1ccccc1.c1ccncc1.c1ccnnc1.c1ccoc1.c1cn[nH]c1.c1cnccn1.c1cncnc1.c1cnncn1.c1cocn1. The van der Waals surface area contributed by atoms with Gasteiger partial charge in [0, 0.05) is 98.9 Å². The summed E-state index contributed by atoms with van der Waals surface area (Å²) in [5.41, 5.74) is 1.02. The number of imidazole rings is 1. The number of aromatic nitrogens is 21. The molecule has 0 unspecified atom stereocenters. The molecule has 23 heteroatoms. The fourth-order valence-electron chi connectivity index (χ4n) is 3.48. The molecule has 0 bridgehead atoms. The lowest BCUT2D eigenvalue weighted by molar-refractivity contribution is 0.558. The molecule has 134 heavy (non-hydrogen) atoms. The largest absolute Gasteiger partial charge is 0.473 e. The van der Waals surface area contributed by atoms with E-state index >= 15 is 0 Å². The summed E-state index contributed by atoms with van der Waals surface area (Å²) in [4.78, 5) is 36.1. The molecule has 0 aliphatic carbocycles. The lowest BCUT2D eigenvalue weighted by Crippen LogP contribution is -1.88. The second-order valence-electron chi connectivity index (χ2n) is 28.0. The highest BCUT2D eigenvalue weighted by atomic mass is 16.3. The zero-order chi connectivity index (χ0) is 110. The molecular formula is C111H227N21O2. The number of hydrogen-bond acceptors (Lipinski definition) is 19. The maximum Gasteiger partial charge on any atom is 0.180 e. The first-order chi connectivity index (χ1) is 64.3. The third-order valence-corrected chi connectivity index (χ3v) is 6.67. The summed E-state index contributed by atoms with van der Waals surface area (Å²) in [5.74, 6) is 8.55. The first-order valence-electron chi connectivity index (χ1n) is 50.2. The van der Waals surface area contributed by atoms with Crippen molar-refractivity contribution in [2.24, 2.45) is 47.3 Å². The molecule has 4 N–H and O–H groups in total. The van der Waals surface area contributed by atoms with E-state index in [9.17, 15) is 0 Å². The maximum absolute atomic E-state index is 4.58. The third kappa shape index (κ3) is 387. The van der Waals surface area contributed by atoms with E-state index in [1.807, 2.05) is 251 Å². The number of nitrogens with one attached hydrogen (secondary N) is 4. The first-order valence-corrected chi connectivity index (χ1v) is 50.2. The monoisotopic (exact) mass is 1890 g/mol. The Morgan fingerprint density at radius 3 is 0.679 bits per heavy atom. The lowest BCUT2D eigenvalue weighted by atomic mass is 10.2. The van der Waals surface area contributed by atoms with Crippen molar-refractivity contribution >= 4 is 0 Å². The van der Waals surface area contributed by atoms with Gasteiger partial charge in [-0.05, 0) is 102 Å². The van der Waals surface area contributed by atoms with Crippen LogP contribution >= 0.6 is 0 Å². The number of furan rings is 1. The van der Waals surface area contributed by atoms with Gasteiger partial charge < -0.3 is 13.8 Å². The van der Waals surface area contributed by atoms with Crippen LogP contribution in [0.25, 0.3) is 0 Å². The highest BCUT2D eigenvalue weighted by Crippen LogP contribution is 2.06. The third-order valence-electron chi connectivity index (χ3n) is 6.67. The molecule has 0 spiro atoms. The van der Waals surface area contributed by atoms with Crippen molar-refractivity contribution in [2.45, 2.75) is 412 Å². The minimum atomic E-state index is 0.456. The molecule has 1 aromatic carbocycles. The predicted octanol–water partition coefficient (Wildman–Crippen LogP) is 37.1. The average molecular weight is 1890 g/mol. The van der Waals surface area contributed by atoms with E-state index in [0.717, 1.165) is 58.9 Å². The van der Waals surface area contributed by atoms with E-state index in [1.165, 1.54) is 50.7 Å². The van der Waals surface area contributed by atoms with E-state index in [1.54, 1.807) is 130 Å². The topological polar surface area (TPSA) is 309 Å². The molecule has 23 nitrogen and oxygen atoms in total. The molecule has 0 aliphatic heterocycles. The quantitative estimate of drug-likeness (QED) is 0.125. The summed E-state index contributed by atoms with van der Waals surface area (Å²) in [6.45, 7) is 117. The van der Waals surface area contributed by atoms with E-state index in [4.69, 9.17) is 0 Å². The molecule has 0 amide bonds. The van der Waals surface area contributed by atoms with Gasteiger partial charge in [0.2, 0.25) is 0 Å². The van der Waals surface area contributed by atoms with E-state index in [-0.39, 0.29) is 0 Å². The van der Waals surface area contributed by atoms with E-state index < -0.39 is 0 Å². The van der Waals surface area contributed by atoms with Crippen molar-refractivity contribution in [1.82, 2.24) is 106 Å². The highest BCUT2D eigenvalue weighted by Gasteiger charge is 1.99. The van der Waals surface area contributed by atoms with Crippen LogP contribution in [0.2, 0.25) is 0 Å². The number of pyridine rings is 1. The van der Waals surface area contributed by atoms with Gasteiger partial charge in [-0.15, -0.1) is 5.10 Å². The minimum Gasteiger partial charge on any atom is -0.473 e. The number of aromatic amines is 4. The van der Waals surface area contributed by atoms with Gasteiger partial charge in [0.15, 0.2) is 6.39 Å². The van der Waals surface area contributed by atoms with Crippen LogP contribution in [0.4, 0.5) is 0 Å². The zero-order valence-electron chi connectivity index (χ0n) is 98.3. The molecule has 11 aromatic heterocycles. The van der Waals surface area contributed by atoms with E-state index in [2.05, 4.69) is 336 Å². The van der Waals surface area contributed by atoms with Gasteiger partial charge in [-0.2, -0.15) is 40.9 Å². The standard InChI is InChI=1S/C6H6.2C5H9N3.C5H5N.3C4H4N2.C4H4O.8C4H10.C3H3N3.2C3H4N2.C3H3NO.2C3H8.12C2H6/c1-2-4-6-5-3-1;1-4(2)5-6-3-7-8-5;1-4(2)5-3-6-8-7-5;1-2-4-6-5-3-1;1-2-6-4-3-5-1;1-2-5-4-6-3-1;1-2-4-6-5-3-1;1-2-4-5-3-1;8*1-4(2)3;1-2-5-6-3-4-1;1-2-5-3-4-1;1-2-4-5-3-1;1-2-5-3-4-1;2*1-3-2;12*1-2/h1-6H;2*3-4H,1-2H3,(H,6,7,8);1-5H;3*1-4H;1-4H;8*4H,1-3H3;1-3H;2*1-3H,(H,4,5);1-3H;2*3H2,1-2H3;12*1-2H3. The van der Waals surface area contributed by atoms with Crippen LogP contribution in [-0.2, 0) is 0 Å². The van der Waals surface area contributed by atoms with Gasteiger partial charge in [-0.3, -0.25) is 25.1 Å². The Kier molecular flexibility index (Phi) is 291. The maximum atomic E-state index is 4.58. The van der Waals surface area contributed by atoms with Crippen LogP contribution in [0.15, 0.2) is 262 Å². The number of benzene rings is 1. The summed E-state index contributed by atoms with van der Waals surface area (Å²) >= 11 is 0. The molecule has 788 valence electrons. The number of nitrogens with zero attached hydrogens (tertiary/aromatic N) is 17. The number of H-pyrrole nitrogens is 4. The summed E-state index contributed by atoms with van der Waals surface area (Å²) < 4.78 is 9.06. The van der Waals surface area contributed by atoms with Crippen molar-refractivity contribution in [3.05, 3.63) is 265 Å². The Morgan fingerprint density at radius 1 is 0.254 bits per heavy atom. The first kappa shape index (κ1) is 180. The average Bonchev–Trinajstić information content (AvgIpc) is 1.83. The Hall–Kier alpha value is -10.2. The molecule has 12 aromatic rings. The Balaban J connectivity index is -0.0000000487. The second kappa shape index (κ2) is 216. The van der Waals surface area contributed by atoms with Crippen molar-refractivity contribution in [1.29, 1.82) is 0 Å². The van der Waals surface area contributed by atoms with Gasteiger partial charge in [0.25, 0.3) is 0 Å². The molecule has 0 atom stereocenters. The number of rotatable bonds is 2. The van der Waals surface area contributed by atoms with Crippen LogP contribution in [0, 0.1) is 47.3 Å². The van der Waals surface area contributed by atoms with Crippen LogP contribution in [0.3, 0.4) is 0 Å². The van der Waals surface area contributed by atoms with E-state index in [0.29, 0.717) is 11.8 Å². The smallest absolute Gasteiger partial charge is 0.180 e. The highest BCUT2D eigenvalue weighted by molar-refractivity contribution is 4.99. The van der Waals surface area contributed by atoms with Crippen LogP contribution in [0.5, 0.6) is 0 Å². The summed E-state index contributed by atoms with van der Waals surface area (Å²) in [6.07, 6.45) is 44.7. The van der Waals surface area contributed by atoms with Crippen molar-refractivity contribution < 1.29 is 8.83 Å². The molecule has 0 radical (unpaired) electrons. The summed E-state index contributed by atoms with van der Waals surface area (Å²) in [5, 5.41) is 36.8. The molecule has 0 fully saturated rings. The molecule has 11 heterocycles. The molecule has 0 saturated carbocycles. The minimum absolute atomic E-state index is 0.456. The fourth-order valence-corrected chi connectivity index (χ4v) is 3.48. The molecule has 0 aliphatic rings. The summed E-state index contributed by atoms with van der Waals surface area (Å²) in [7, 11) is 0. The van der Waals surface area contributed by atoms with Gasteiger partial charge in [0.1, 0.15) is 31.1 Å². The van der Waals surface area contributed by atoms with Crippen molar-refractivity contribution in [3.8, 4) is 0 Å². The van der Waals surface area contributed by atoms with Gasteiger partial charge in [-0.25, -0.2) is 29.9 Å². The summed E-state index contributed by atoms with van der Waals surface area (Å²) in [6, 6.07) is 28.6. The van der Waals surface area contributed by atoms with Gasteiger partial charge in [-0.1, -0.05) is 443 Å². The Labute approximate surface area is 834 Å². The Bertz CT molecular complexity index is 2320. The molecular weight excluding hydrogens is 1660 g/mol. The molecule has 12 rings (SSSR count). The van der Waals surface area contributed by atoms with Gasteiger partial charge >= 0.3 is 0 Å². The normalized spacial score (nSPS) is 7.54. The van der Waals surface area contributed by atoms with Crippen molar-refractivity contribution in [2.75, 3.05) is 0 Å². The van der Waals surface area contributed by atoms with Crippen molar-refractivity contribution in [3.63, 3.8) is 0 Å².